The van der Waals surface area contributed by atoms with Gasteiger partial charge < -0.3 is 11.1 Å². The van der Waals surface area contributed by atoms with E-state index in [1.54, 1.807) is 0 Å². The van der Waals surface area contributed by atoms with Crippen LogP contribution in [0.2, 0.25) is 0 Å². The number of rotatable bonds is 3. The number of nitrogens with one attached hydrogen (secondary N) is 1. The predicted octanol–water partition coefficient (Wildman–Crippen LogP) is 1.33. The van der Waals surface area contributed by atoms with E-state index in [0.29, 0.717) is 12.6 Å². The molecule has 5 nitrogen and oxygen atoms in total. The average molecular weight is 235 g/mol. The molecule has 94 valence electrons. The molecule has 0 radical (unpaired) electrons. The van der Waals surface area contributed by atoms with E-state index in [1.807, 2.05) is 0 Å². The minimum atomic E-state index is 0.583. The Balaban J connectivity index is 1.81. The fraction of sp³-hybridized carbons (Fsp3) is 0.833. The Labute approximate surface area is 102 Å². The van der Waals surface area contributed by atoms with Crippen molar-refractivity contribution >= 4 is 5.95 Å². The lowest BCUT2D eigenvalue weighted by atomic mass is 9.84. The molecule has 3 rings (SSSR count). The van der Waals surface area contributed by atoms with E-state index in [-0.39, 0.29) is 0 Å². The molecule has 2 unspecified atom stereocenters. The number of fused-ring (bicyclic) bond motifs is 3. The van der Waals surface area contributed by atoms with Gasteiger partial charge in [-0.25, -0.2) is 4.68 Å². The summed E-state index contributed by atoms with van der Waals surface area (Å²) in [4.78, 5) is 4.56. The standard InChI is InChI=1S/C12H21N5/c13-7-3-6-11-15-12-14-8-9-4-1-2-5-10(9)17(12)16-11/h9-10H,1-8,13H2,(H,14,15,16). The van der Waals surface area contributed by atoms with Gasteiger partial charge in [-0.15, -0.1) is 0 Å². The Kier molecular flexibility index (Phi) is 3.01. The number of nitrogens with zero attached hydrogens (tertiary/aromatic N) is 3. The van der Waals surface area contributed by atoms with Gasteiger partial charge in [0.05, 0.1) is 6.04 Å². The Morgan fingerprint density at radius 3 is 3.12 bits per heavy atom. The van der Waals surface area contributed by atoms with Crippen LogP contribution in [0.4, 0.5) is 5.95 Å². The molecule has 2 aliphatic rings. The van der Waals surface area contributed by atoms with Crippen molar-refractivity contribution < 1.29 is 0 Å². The van der Waals surface area contributed by atoms with Crippen LogP contribution >= 0.6 is 0 Å². The van der Waals surface area contributed by atoms with Crippen LogP contribution in [0.1, 0.15) is 44.0 Å². The molecule has 17 heavy (non-hydrogen) atoms. The Bertz CT molecular complexity index is 386. The first kappa shape index (κ1) is 11.0. The van der Waals surface area contributed by atoms with Crippen molar-refractivity contribution in [2.24, 2.45) is 11.7 Å². The van der Waals surface area contributed by atoms with Gasteiger partial charge in [-0.3, -0.25) is 0 Å². The van der Waals surface area contributed by atoms with Crippen molar-refractivity contribution in [3.63, 3.8) is 0 Å². The third-order valence-electron chi connectivity index (χ3n) is 3.99. The van der Waals surface area contributed by atoms with Gasteiger partial charge in [0.2, 0.25) is 5.95 Å². The fourth-order valence-electron chi connectivity index (χ4n) is 3.06. The third kappa shape index (κ3) is 2.04. The molecule has 0 amide bonds. The maximum Gasteiger partial charge on any atom is 0.221 e. The van der Waals surface area contributed by atoms with Crippen molar-refractivity contribution in [3.05, 3.63) is 5.82 Å². The summed E-state index contributed by atoms with van der Waals surface area (Å²) in [6.07, 6.45) is 7.16. The van der Waals surface area contributed by atoms with Crippen LogP contribution in [0, 0.1) is 5.92 Å². The van der Waals surface area contributed by atoms with E-state index >= 15 is 0 Å². The van der Waals surface area contributed by atoms with Crippen LogP contribution in [0.5, 0.6) is 0 Å². The van der Waals surface area contributed by atoms with Gasteiger partial charge in [-0.05, 0) is 31.7 Å². The molecule has 2 atom stereocenters. The lowest BCUT2D eigenvalue weighted by molar-refractivity contribution is 0.221. The fourth-order valence-corrected chi connectivity index (χ4v) is 3.06. The molecule has 5 heteroatoms. The third-order valence-corrected chi connectivity index (χ3v) is 3.99. The molecule has 1 aromatic heterocycles. The topological polar surface area (TPSA) is 68.8 Å². The maximum atomic E-state index is 5.53. The minimum Gasteiger partial charge on any atom is -0.354 e. The second-order valence-corrected chi connectivity index (χ2v) is 5.18. The molecule has 1 aliphatic heterocycles. The quantitative estimate of drug-likeness (QED) is 0.829. The number of hydrogen-bond donors (Lipinski definition) is 2. The van der Waals surface area contributed by atoms with Crippen LogP contribution < -0.4 is 11.1 Å². The van der Waals surface area contributed by atoms with Gasteiger partial charge in [-0.1, -0.05) is 12.8 Å². The summed E-state index contributed by atoms with van der Waals surface area (Å²) in [6.45, 7) is 1.78. The molecule has 1 saturated carbocycles. The zero-order chi connectivity index (χ0) is 11.7. The number of nitrogens with two attached hydrogens (primary N) is 1. The first-order valence-corrected chi connectivity index (χ1v) is 6.78. The van der Waals surface area contributed by atoms with Gasteiger partial charge in [-0.2, -0.15) is 10.1 Å². The number of anilines is 1. The highest BCUT2D eigenvalue weighted by molar-refractivity contribution is 5.29. The average Bonchev–Trinajstić information content (AvgIpc) is 2.79. The van der Waals surface area contributed by atoms with E-state index < -0.39 is 0 Å². The molecule has 0 aromatic carbocycles. The normalized spacial score (nSPS) is 27.1. The summed E-state index contributed by atoms with van der Waals surface area (Å²) < 4.78 is 2.14. The number of aromatic nitrogens is 3. The summed E-state index contributed by atoms with van der Waals surface area (Å²) in [5.74, 6) is 2.67. The second-order valence-electron chi connectivity index (χ2n) is 5.18. The molecule has 2 heterocycles. The predicted molar refractivity (Wildman–Crippen MR) is 66.9 cm³/mol. The largest absolute Gasteiger partial charge is 0.354 e. The first-order chi connectivity index (χ1) is 8.38. The molecular weight excluding hydrogens is 214 g/mol. The van der Waals surface area contributed by atoms with Crippen LogP contribution in [0.15, 0.2) is 0 Å². The summed E-state index contributed by atoms with van der Waals surface area (Å²) in [5.41, 5.74) is 5.53. The zero-order valence-electron chi connectivity index (χ0n) is 10.2. The summed E-state index contributed by atoms with van der Waals surface area (Å²) in [5, 5.41) is 8.08. The van der Waals surface area contributed by atoms with Crippen molar-refractivity contribution in [1.29, 1.82) is 0 Å². The monoisotopic (exact) mass is 235 g/mol. The maximum absolute atomic E-state index is 5.53. The minimum absolute atomic E-state index is 0.583. The summed E-state index contributed by atoms with van der Waals surface area (Å²) in [7, 11) is 0. The Morgan fingerprint density at radius 2 is 2.24 bits per heavy atom. The second kappa shape index (κ2) is 4.64. The molecular formula is C12H21N5. The van der Waals surface area contributed by atoms with E-state index in [2.05, 4.69) is 20.1 Å². The zero-order valence-corrected chi connectivity index (χ0v) is 10.2. The van der Waals surface area contributed by atoms with E-state index in [9.17, 15) is 0 Å². The lowest BCUT2D eigenvalue weighted by Crippen LogP contribution is -2.35. The Hall–Kier alpha value is -1.10. The van der Waals surface area contributed by atoms with Crippen molar-refractivity contribution in [2.75, 3.05) is 18.4 Å². The summed E-state index contributed by atoms with van der Waals surface area (Å²) in [6, 6.07) is 0.583. The van der Waals surface area contributed by atoms with E-state index in [4.69, 9.17) is 5.73 Å². The van der Waals surface area contributed by atoms with Crippen LogP contribution in [-0.2, 0) is 6.42 Å². The molecule has 1 aliphatic carbocycles. The molecule has 0 bridgehead atoms. The highest BCUT2D eigenvalue weighted by Gasteiger charge is 2.33. The smallest absolute Gasteiger partial charge is 0.221 e. The molecule has 1 fully saturated rings. The first-order valence-electron chi connectivity index (χ1n) is 6.78. The highest BCUT2D eigenvalue weighted by atomic mass is 15.4. The van der Waals surface area contributed by atoms with E-state index in [0.717, 1.165) is 37.1 Å². The summed E-state index contributed by atoms with van der Waals surface area (Å²) >= 11 is 0. The van der Waals surface area contributed by atoms with Gasteiger partial charge in [0.15, 0.2) is 5.82 Å². The van der Waals surface area contributed by atoms with Gasteiger partial charge in [0.25, 0.3) is 0 Å². The van der Waals surface area contributed by atoms with Gasteiger partial charge in [0, 0.05) is 13.0 Å². The van der Waals surface area contributed by atoms with Crippen molar-refractivity contribution in [1.82, 2.24) is 14.8 Å². The van der Waals surface area contributed by atoms with E-state index in [1.165, 1.54) is 25.7 Å². The molecule has 1 aromatic rings. The van der Waals surface area contributed by atoms with Crippen molar-refractivity contribution in [3.8, 4) is 0 Å². The number of hydrogen-bond acceptors (Lipinski definition) is 4. The lowest BCUT2D eigenvalue weighted by Gasteiger charge is -2.36. The molecule has 3 N–H and O–H groups in total. The molecule has 0 spiro atoms. The van der Waals surface area contributed by atoms with Gasteiger partial charge in [0.1, 0.15) is 0 Å². The van der Waals surface area contributed by atoms with Crippen LogP contribution in [0.3, 0.4) is 0 Å². The van der Waals surface area contributed by atoms with Crippen molar-refractivity contribution in [2.45, 2.75) is 44.6 Å². The molecule has 0 saturated heterocycles. The number of aryl methyl sites for hydroxylation is 1. The van der Waals surface area contributed by atoms with Crippen LogP contribution in [-0.4, -0.2) is 27.9 Å². The van der Waals surface area contributed by atoms with Gasteiger partial charge >= 0.3 is 0 Å². The highest BCUT2D eigenvalue weighted by Crippen LogP contribution is 2.37. The SMILES string of the molecule is NCCCc1nc2n(n1)C1CCCCC1CN2. The Morgan fingerprint density at radius 1 is 1.35 bits per heavy atom. The van der Waals surface area contributed by atoms with Crippen LogP contribution in [0.25, 0.3) is 0 Å².